The molecule has 1 heterocycles. The zero-order valence-electron chi connectivity index (χ0n) is 14.1. The summed E-state index contributed by atoms with van der Waals surface area (Å²) in [6, 6.07) is 10.1. The Morgan fingerprint density at radius 2 is 2.12 bits per heavy atom. The number of aliphatic imine (C=N–C) groups is 1. The number of guanidine groups is 1. The number of nitrogens with zero attached hydrogens (tertiary/aromatic N) is 2. The maximum absolute atomic E-state index is 13.2. The van der Waals surface area contributed by atoms with E-state index in [1.54, 1.807) is 31.4 Å². The topological polar surface area (TPSA) is 58.5 Å². The molecule has 1 aliphatic rings. The molecule has 0 unspecified atom stereocenters. The van der Waals surface area contributed by atoms with E-state index >= 15 is 0 Å². The van der Waals surface area contributed by atoms with Gasteiger partial charge in [-0.05, 0) is 30.5 Å². The third-order valence-corrected chi connectivity index (χ3v) is 3.85. The lowest BCUT2D eigenvalue weighted by Crippen LogP contribution is -2.42. The van der Waals surface area contributed by atoms with Crippen LogP contribution in [0.3, 0.4) is 0 Å². The zero-order chi connectivity index (χ0) is 17.5. The largest absolute Gasteiger partial charge is 0.439 e. The van der Waals surface area contributed by atoms with E-state index < -0.39 is 0 Å². The average molecular weight is 340 g/mol. The molecular formula is C19H21FN4O. The first kappa shape index (κ1) is 17.0. The van der Waals surface area contributed by atoms with Crippen molar-refractivity contribution in [2.45, 2.75) is 25.4 Å². The number of nitrogens with one attached hydrogen (secondary N) is 2. The molecule has 5 nitrogen and oxygen atoms in total. The SMILES string of the molecule is CN=C(NCc1ccc(Oc2cccc(F)c2)nc1)NC1CC=CC1. The fourth-order valence-electron chi connectivity index (χ4n) is 2.54. The molecule has 0 fully saturated rings. The third-order valence-electron chi connectivity index (χ3n) is 3.85. The van der Waals surface area contributed by atoms with Gasteiger partial charge in [0.15, 0.2) is 5.96 Å². The Balaban J connectivity index is 1.51. The summed E-state index contributed by atoms with van der Waals surface area (Å²) >= 11 is 0. The normalized spacial score (nSPS) is 14.6. The second kappa shape index (κ2) is 8.28. The average Bonchev–Trinajstić information content (AvgIpc) is 3.13. The minimum atomic E-state index is -0.338. The molecule has 1 aromatic heterocycles. The molecule has 1 aliphatic carbocycles. The maximum atomic E-state index is 13.2. The van der Waals surface area contributed by atoms with Gasteiger partial charge in [-0.2, -0.15) is 0 Å². The van der Waals surface area contributed by atoms with Gasteiger partial charge in [0, 0.05) is 38.0 Å². The van der Waals surface area contributed by atoms with Crippen molar-refractivity contribution in [3.05, 3.63) is 66.1 Å². The van der Waals surface area contributed by atoms with Crippen LogP contribution in [0.1, 0.15) is 18.4 Å². The molecule has 0 aliphatic heterocycles. The molecule has 130 valence electrons. The summed E-state index contributed by atoms with van der Waals surface area (Å²) in [5.41, 5.74) is 0.999. The standard InChI is InChI=1S/C19H21FN4O/c1-21-19(24-16-6-2-3-7-16)23-13-14-9-10-18(22-12-14)25-17-8-4-5-15(20)11-17/h2-5,8-12,16H,6-7,13H2,1H3,(H2,21,23,24). The van der Waals surface area contributed by atoms with Gasteiger partial charge in [-0.3, -0.25) is 4.99 Å². The number of ether oxygens (including phenoxy) is 1. The fraction of sp³-hybridized carbons (Fsp3) is 0.263. The summed E-state index contributed by atoms with van der Waals surface area (Å²) in [4.78, 5) is 8.49. The van der Waals surface area contributed by atoms with E-state index in [4.69, 9.17) is 4.74 Å². The van der Waals surface area contributed by atoms with Crippen molar-refractivity contribution in [3.63, 3.8) is 0 Å². The molecule has 0 saturated carbocycles. The van der Waals surface area contributed by atoms with Crippen LogP contribution in [-0.2, 0) is 6.54 Å². The van der Waals surface area contributed by atoms with E-state index in [0.717, 1.165) is 24.4 Å². The van der Waals surface area contributed by atoms with Gasteiger partial charge in [0.25, 0.3) is 0 Å². The van der Waals surface area contributed by atoms with Crippen LogP contribution in [0, 0.1) is 5.82 Å². The quantitative estimate of drug-likeness (QED) is 0.498. The highest BCUT2D eigenvalue weighted by atomic mass is 19.1. The van der Waals surface area contributed by atoms with Gasteiger partial charge in [-0.1, -0.05) is 24.3 Å². The molecule has 1 aromatic carbocycles. The first-order chi connectivity index (χ1) is 12.2. The number of benzene rings is 1. The van der Waals surface area contributed by atoms with Crippen LogP contribution in [0.5, 0.6) is 11.6 Å². The van der Waals surface area contributed by atoms with E-state index in [1.165, 1.54) is 12.1 Å². The van der Waals surface area contributed by atoms with Crippen molar-refractivity contribution in [1.82, 2.24) is 15.6 Å². The van der Waals surface area contributed by atoms with Crippen molar-refractivity contribution in [1.29, 1.82) is 0 Å². The van der Waals surface area contributed by atoms with Crippen molar-refractivity contribution in [3.8, 4) is 11.6 Å². The Morgan fingerprint density at radius 1 is 1.28 bits per heavy atom. The van der Waals surface area contributed by atoms with Crippen molar-refractivity contribution in [2.75, 3.05) is 7.05 Å². The molecule has 6 heteroatoms. The molecule has 0 bridgehead atoms. The predicted octanol–water partition coefficient (Wildman–Crippen LogP) is 3.40. The van der Waals surface area contributed by atoms with Crippen LogP contribution in [0.4, 0.5) is 4.39 Å². The molecular weight excluding hydrogens is 319 g/mol. The summed E-state index contributed by atoms with van der Waals surface area (Å²) in [6.07, 6.45) is 8.12. The minimum Gasteiger partial charge on any atom is -0.439 e. The zero-order valence-corrected chi connectivity index (χ0v) is 14.1. The number of pyridine rings is 1. The van der Waals surface area contributed by atoms with E-state index in [9.17, 15) is 4.39 Å². The van der Waals surface area contributed by atoms with Crippen LogP contribution in [-0.4, -0.2) is 24.0 Å². The summed E-state index contributed by atoms with van der Waals surface area (Å²) in [6.45, 7) is 0.604. The van der Waals surface area contributed by atoms with Gasteiger partial charge < -0.3 is 15.4 Å². The molecule has 2 N–H and O–H groups in total. The maximum Gasteiger partial charge on any atom is 0.219 e. The highest BCUT2D eigenvalue weighted by Gasteiger charge is 2.11. The molecule has 0 radical (unpaired) electrons. The Morgan fingerprint density at radius 3 is 2.80 bits per heavy atom. The monoisotopic (exact) mass is 340 g/mol. The Bertz CT molecular complexity index is 750. The summed E-state index contributed by atoms with van der Waals surface area (Å²) in [7, 11) is 1.76. The summed E-state index contributed by atoms with van der Waals surface area (Å²) in [5, 5.41) is 6.65. The van der Waals surface area contributed by atoms with Crippen LogP contribution in [0.25, 0.3) is 0 Å². The van der Waals surface area contributed by atoms with Gasteiger partial charge in [0.1, 0.15) is 11.6 Å². The van der Waals surface area contributed by atoms with Crippen molar-refractivity contribution in [2.24, 2.45) is 4.99 Å². The highest BCUT2D eigenvalue weighted by Crippen LogP contribution is 2.20. The lowest BCUT2D eigenvalue weighted by molar-refractivity contribution is 0.457. The van der Waals surface area contributed by atoms with Gasteiger partial charge in [-0.25, -0.2) is 9.37 Å². The number of hydrogen-bond donors (Lipinski definition) is 2. The third kappa shape index (κ3) is 5.04. The van der Waals surface area contributed by atoms with E-state index in [-0.39, 0.29) is 5.82 Å². The van der Waals surface area contributed by atoms with Crippen LogP contribution < -0.4 is 15.4 Å². The first-order valence-electron chi connectivity index (χ1n) is 8.23. The van der Waals surface area contributed by atoms with Crippen molar-refractivity contribution < 1.29 is 9.13 Å². The van der Waals surface area contributed by atoms with E-state index in [0.29, 0.717) is 24.2 Å². The lowest BCUT2D eigenvalue weighted by Gasteiger charge is -2.16. The second-order valence-electron chi connectivity index (χ2n) is 5.77. The first-order valence-corrected chi connectivity index (χ1v) is 8.23. The Hall–Kier alpha value is -2.89. The van der Waals surface area contributed by atoms with Gasteiger partial charge in [0.2, 0.25) is 5.88 Å². The smallest absolute Gasteiger partial charge is 0.219 e. The Labute approximate surface area is 146 Å². The number of aromatic nitrogens is 1. The highest BCUT2D eigenvalue weighted by molar-refractivity contribution is 5.80. The second-order valence-corrected chi connectivity index (χ2v) is 5.77. The molecule has 25 heavy (non-hydrogen) atoms. The predicted molar refractivity (Wildman–Crippen MR) is 96.2 cm³/mol. The number of halogens is 1. The molecule has 0 atom stereocenters. The van der Waals surface area contributed by atoms with Crippen LogP contribution in [0.15, 0.2) is 59.7 Å². The van der Waals surface area contributed by atoms with Crippen molar-refractivity contribution >= 4 is 5.96 Å². The molecule has 0 spiro atoms. The van der Waals surface area contributed by atoms with Crippen LogP contribution in [0.2, 0.25) is 0 Å². The van der Waals surface area contributed by atoms with Crippen LogP contribution >= 0.6 is 0 Å². The van der Waals surface area contributed by atoms with E-state index in [1.807, 2.05) is 6.07 Å². The fourth-order valence-corrected chi connectivity index (χ4v) is 2.54. The summed E-state index contributed by atoms with van der Waals surface area (Å²) in [5.74, 6) is 1.28. The summed E-state index contributed by atoms with van der Waals surface area (Å²) < 4.78 is 18.7. The minimum absolute atomic E-state index is 0.338. The molecule has 0 saturated heterocycles. The molecule has 3 rings (SSSR count). The number of hydrogen-bond acceptors (Lipinski definition) is 3. The van der Waals surface area contributed by atoms with Gasteiger partial charge >= 0.3 is 0 Å². The lowest BCUT2D eigenvalue weighted by atomic mass is 10.2. The Kier molecular flexibility index (Phi) is 5.61. The number of rotatable bonds is 5. The molecule has 2 aromatic rings. The van der Waals surface area contributed by atoms with Gasteiger partial charge in [-0.15, -0.1) is 0 Å². The van der Waals surface area contributed by atoms with Gasteiger partial charge in [0.05, 0.1) is 0 Å². The molecule has 0 amide bonds. The van der Waals surface area contributed by atoms with E-state index in [2.05, 4.69) is 32.8 Å².